The molecular formula is C13H18O4S. The van der Waals surface area contributed by atoms with Gasteiger partial charge in [0.15, 0.2) is 9.84 Å². The topological polar surface area (TPSA) is 63.6 Å². The molecule has 1 aromatic carbocycles. The summed E-state index contributed by atoms with van der Waals surface area (Å²) in [5.41, 5.74) is 0.0698. The fraction of sp³-hybridized carbons (Fsp3) is 0.538. The molecular weight excluding hydrogens is 252 g/mol. The van der Waals surface area contributed by atoms with Crippen molar-refractivity contribution in [3.05, 3.63) is 29.8 Å². The van der Waals surface area contributed by atoms with Gasteiger partial charge in [-0.3, -0.25) is 0 Å². The standard InChI is InChI=1S/C13H18O4S/c1-11-3-2-4-12(9-11)17-10-13(14)5-7-18(15,16)8-6-13/h2-4,9,14H,5-8,10H2,1H3. The molecule has 1 aromatic rings. The first-order chi connectivity index (χ1) is 8.39. The third kappa shape index (κ3) is 3.46. The molecule has 0 radical (unpaired) electrons. The lowest BCUT2D eigenvalue weighted by atomic mass is 9.98. The summed E-state index contributed by atoms with van der Waals surface area (Å²) in [6, 6.07) is 7.58. The lowest BCUT2D eigenvalue weighted by Crippen LogP contribution is -2.43. The summed E-state index contributed by atoms with van der Waals surface area (Å²) < 4.78 is 28.2. The Hall–Kier alpha value is -1.07. The highest BCUT2D eigenvalue weighted by molar-refractivity contribution is 7.91. The predicted molar refractivity (Wildman–Crippen MR) is 69.5 cm³/mol. The Morgan fingerprint density at radius 2 is 2.00 bits per heavy atom. The van der Waals surface area contributed by atoms with E-state index >= 15 is 0 Å². The van der Waals surface area contributed by atoms with Gasteiger partial charge < -0.3 is 9.84 Å². The smallest absolute Gasteiger partial charge is 0.150 e. The molecule has 1 N–H and O–H groups in total. The molecule has 1 heterocycles. The second kappa shape index (κ2) is 4.90. The van der Waals surface area contributed by atoms with Crippen molar-refractivity contribution in [2.45, 2.75) is 25.4 Å². The Morgan fingerprint density at radius 3 is 2.61 bits per heavy atom. The summed E-state index contributed by atoms with van der Waals surface area (Å²) in [7, 11) is -2.96. The molecule has 1 aliphatic heterocycles. The summed E-state index contributed by atoms with van der Waals surface area (Å²) in [6.07, 6.45) is 0.502. The van der Waals surface area contributed by atoms with E-state index in [-0.39, 0.29) is 31.0 Å². The first kappa shape index (κ1) is 13.4. The summed E-state index contributed by atoms with van der Waals surface area (Å²) in [6.45, 7) is 2.11. The van der Waals surface area contributed by atoms with Crippen LogP contribution in [-0.4, -0.2) is 37.2 Å². The van der Waals surface area contributed by atoms with Gasteiger partial charge in [0.05, 0.1) is 11.5 Å². The molecule has 1 aliphatic rings. The van der Waals surface area contributed by atoms with E-state index in [0.717, 1.165) is 5.56 Å². The highest BCUT2D eigenvalue weighted by Gasteiger charge is 2.36. The molecule has 0 aromatic heterocycles. The van der Waals surface area contributed by atoms with Crippen LogP contribution in [0.25, 0.3) is 0 Å². The van der Waals surface area contributed by atoms with E-state index in [2.05, 4.69) is 0 Å². The van der Waals surface area contributed by atoms with Crippen molar-refractivity contribution < 1.29 is 18.3 Å². The number of hydrogen-bond acceptors (Lipinski definition) is 4. The summed E-state index contributed by atoms with van der Waals surface area (Å²) in [5.74, 6) is 0.790. The number of rotatable bonds is 3. The summed E-state index contributed by atoms with van der Waals surface area (Å²) >= 11 is 0. The second-order valence-electron chi connectivity index (χ2n) is 4.98. The maximum atomic E-state index is 11.3. The minimum absolute atomic E-state index is 0.0423. The van der Waals surface area contributed by atoms with Crippen LogP contribution in [0.3, 0.4) is 0 Å². The van der Waals surface area contributed by atoms with E-state index < -0.39 is 15.4 Å². The fourth-order valence-electron chi connectivity index (χ4n) is 1.99. The van der Waals surface area contributed by atoms with Crippen LogP contribution >= 0.6 is 0 Å². The molecule has 100 valence electrons. The van der Waals surface area contributed by atoms with E-state index in [0.29, 0.717) is 5.75 Å². The number of sulfone groups is 1. The van der Waals surface area contributed by atoms with Crippen LogP contribution in [0.2, 0.25) is 0 Å². The van der Waals surface area contributed by atoms with Gasteiger partial charge in [-0.1, -0.05) is 12.1 Å². The van der Waals surface area contributed by atoms with Crippen molar-refractivity contribution in [2.75, 3.05) is 18.1 Å². The lowest BCUT2D eigenvalue weighted by Gasteiger charge is -2.31. The molecule has 1 fully saturated rings. The average Bonchev–Trinajstić information content (AvgIpc) is 2.32. The van der Waals surface area contributed by atoms with Gasteiger partial charge in [-0.2, -0.15) is 0 Å². The molecule has 0 atom stereocenters. The lowest BCUT2D eigenvalue weighted by molar-refractivity contribution is -0.0128. The maximum absolute atomic E-state index is 11.3. The number of hydrogen-bond donors (Lipinski definition) is 1. The van der Waals surface area contributed by atoms with E-state index in [4.69, 9.17) is 4.74 Å². The van der Waals surface area contributed by atoms with Crippen LogP contribution in [0, 0.1) is 6.92 Å². The average molecular weight is 270 g/mol. The highest BCUT2D eigenvalue weighted by atomic mass is 32.2. The third-order valence-electron chi connectivity index (χ3n) is 3.25. The fourth-order valence-corrected chi connectivity index (χ4v) is 3.57. The Bertz CT molecular complexity index is 508. The largest absolute Gasteiger partial charge is 0.491 e. The molecule has 0 saturated carbocycles. The van der Waals surface area contributed by atoms with E-state index in [9.17, 15) is 13.5 Å². The second-order valence-corrected chi connectivity index (χ2v) is 7.28. The van der Waals surface area contributed by atoms with Crippen LogP contribution in [0.4, 0.5) is 0 Å². The van der Waals surface area contributed by atoms with Gasteiger partial charge in [0.2, 0.25) is 0 Å². The SMILES string of the molecule is Cc1cccc(OCC2(O)CCS(=O)(=O)CC2)c1. The van der Waals surface area contributed by atoms with Crippen LogP contribution in [0.15, 0.2) is 24.3 Å². The summed E-state index contributed by atoms with van der Waals surface area (Å²) in [5, 5.41) is 10.2. The minimum Gasteiger partial charge on any atom is -0.491 e. The van der Waals surface area contributed by atoms with Gasteiger partial charge in [0.1, 0.15) is 18.0 Å². The molecule has 2 rings (SSSR count). The third-order valence-corrected chi connectivity index (χ3v) is 4.91. The number of aryl methyl sites for hydroxylation is 1. The van der Waals surface area contributed by atoms with E-state index in [1.165, 1.54) is 0 Å². The molecule has 0 aliphatic carbocycles. The monoisotopic (exact) mass is 270 g/mol. The number of ether oxygens (including phenoxy) is 1. The van der Waals surface area contributed by atoms with Crippen molar-refractivity contribution in [2.24, 2.45) is 0 Å². The zero-order valence-electron chi connectivity index (χ0n) is 10.4. The molecule has 0 unspecified atom stereocenters. The minimum atomic E-state index is -2.96. The van der Waals surface area contributed by atoms with Gasteiger partial charge >= 0.3 is 0 Å². The Balaban J connectivity index is 1.94. The quantitative estimate of drug-likeness (QED) is 0.899. The molecule has 5 heteroatoms. The highest BCUT2D eigenvalue weighted by Crippen LogP contribution is 2.25. The maximum Gasteiger partial charge on any atom is 0.150 e. The van der Waals surface area contributed by atoms with Crippen molar-refractivity contribution >= 4 is 9.84 Å². The van der Waals surface area contributed by atoms with E-state index in [1.807, 2.05) is 31.2 Å². The first-order valence-corrected chi connectivity index (χ1v) is 7.83. The van der Waals surface area contributed by atoms with Crippen molar-refractivity contribution in [1.29, 1.82) is 0 Å². The number of benzene rings is 1. The Kier molecular flexibility index (Phi) is 3.64. The van der Waals surface area contributed by atoms with Crippen LogP contribution in [0.5, 0.6) is 5.75 Å². The van der Waals surface area contributed by atoms with Crippen molar-refractivity contribution in [3.63, 3.8) is 0 Å². The molecule has 4 nitrogen and oxygen atoms in total. The number of aliphatic hydroxyl groups is 1. The van der Waals surface area contributed by atoms with Crippen LogP contribution < -0.4 is 4.74 Å². The molecule has 0 amide bonds. The Morgan fingerprint density at radius 1 is 1.33 bits per heavy atom. The first-order valence-electron chi connectivity index (χ1n) is 6.01. The van der Waals surface area contributed by atoms with Gasteiger partial charge in [0.25, 0.3) is 0 Å². The van der Waals surface area contributed by atoms with Gasteiger partial charge in [-0.25, -0.2) is 8.42 Å². The molecule has 0 spiro atoms. The zero-order chi connectivity index (χ0) is 13.2. The molecule has 0 bridgehead atoms. The van der Waals surface area contributed by atoms with Crippen LogP contribution in [-0.2, 0) is 9.84 Å². The van der Waals surface area contributed by atoms with Gasteiger partial charge in [-0.05, 0) is 37.5 Å². The zero-order valence-corrected chi connectivity index (χ0v) is 11.2. The normalized spacial score (nSPS) is 21.4. The van der Waals surface area contributed by atoms with Gasteiger partial charge in [0, 0.05) is 0 Å². The predicted octanol–water partition coefficient (Wildman–Crippen LogP) is 1.31. The summed E-state index contributed by atoms with van der Waals surface area (Å²) in [4.78, 5) is 0. The van der Waals surface area contributed by atoms with Crippen LogP contribution in [0.1, 0.15) is 18.4 Å². The van der Waals surface area contributed by atoms with Crippen molar-refractivity contribution in [3.8, 4) is 5.75 Å². The molecule has 18 heavy (non-hydrogen) atoms. The van der Waals surface area contributed by atoms with Crippen molar-refractivity contribution in [1.82, 2.24) is 0 Å². The Labute approximate surface area is 108 Å². The van der Waals surface area contributed by atoms with Gasteiger partial charge in [-0.15, -0.1) is 0 Å². The molecule has 1 saturated heterocycles. The van der Waals surface area contributed by atoms with E-state index in [1.54, 1.807) is 0 Å².